The van der Waals surface area contributed by atoms with Gasteiger partial charge in [0.2, 0.25) is 0 Å². The van der Waals surface area contributed by atoms with E-state index in [0.717, 1.165) is 80.0 Å². The lowest BCUT2D eigenvalue weighted by Crippen LogP contribution is -2.11. The summed E-state index contributed by atoms with van der Waals surface area (Å²) in [7, 11) is 0. The highest BCUT2D eigenvalue weighted by Crippen LogP contribution is 2.29. The molecule has 59 heavy (non-hydrogen) atoms. The van der Waals surface area contributed by atoms with Crippen molar-refractivity contribution in [1.82, 2.24) is 0 Å². The highest BCUT2D eigenvalue weighted by molar-refractivity contribution is 5.98. The predicted molar refractivity (Wildman–Crippen MR) is 238 cm³/mol. The largest absolute Gasteiger partial charge is 0.462 e. The molecule has 0 aromatic heterocycles. The lowest BCUT2D eigenvalue weighted by atomic mass is 9.95. The topological polar surface area (TPSA) is 105 Å². The van der Waals surface area contributed by atoms with Crippen LogP contribution in [-0.4, -0.2) is 50.3 Å². The van der Waals surface area contributed by atoms with E-state index in [-0.39, 0.29) is 29.9 Å². The summed E-state index contributed by atoms with van der Waals surface area (Å²) >= 11 is 0. The van der Waals surface area contributed by atoms with Crippen molar-refractivity contribution < 1.29 is 38.1 Å². The van der Waals surface area contributed by atoms with Gasteiger partial charge in [-0.25, -0.2) is 19.2 Å². The van der Waals surface area contributed by atoms with Crippen molar-refractivity contribution in [1.29, 1.82) is 0 Å². The fraction of sp³-hybridized carbons (Fsp3) is 0.333. The van der Waals surface area contributed by atoms with E-state index in [1.807, 2.05) is 73.7 Å². The molecule has 3 aromatic carbocycles. The van der Waals surface area contributed by atoms with E-state index in [1.54, 1.807) is 31.2 Å². The zero-order valence-electron chi connectivity index (χ0n) is 34.9. The Morgan fingerprint density at radius 2 is 0.932 bits per heavy atom. The first kappa shape index (κ1) is 47.4. The molecule has 0 aliphatic carbocycles. The zero-order valence-corrected chi connectivity index (χ0v) is 34.9. The van der Waals surface area contributed by atoms with Crippen LogP contribution in [0.4, 0.5) is 0 Å². The van der Waals surface area contributed by atoms with Gasteiger partial charge in [0.15, 0.2) is 0 Å². The SMILES string of the molecule is C=CCCCCOC(=O)C(=C)/C=C(\C=C(/C)C(=O)OCCCCC=C)c1ccc(-c2ccc(-c3cc(C(=O)OCCCC)cc(C(=O)OCCCCC=C)c3)cc2)cc1. The average molecular weight is 801 g/mol. The molecule has 8 nitrogen and oxygen atoms in total. The van der Waals surface area contributed by atoms with Crippen LogP contribution < -0.4 is 0 Å². The molecular weight excluding hydrogens is 741 g/mol. The lowest BCUT2D eigenvalue weighted by Gasteiger charge is -2.12. The van der Waals surface area contributed by atoms with Gasteiger partial charge in [0.25, 0.3) is 0 Å². The number of esters is 4. The van der Waals surface area contributed by atoms with Gasteiger partial charge in [0.05, 0.1) is 43.1 Å². The molecule has 3 aromatic rings. The Morgan fingerprint density at radius 1 is 0.508 bits per heavy atom. The second-order valence-corrected chi connectivity index (χ2v) is 14.2. The van der Waals surface area contributed by atoms with E-state index in [1.165, 1.54) is 6.07 Å². The molecule has 0 aliphatic rings. The second-order valence-electron chi connectivity index (χ2n) is 14.2. The minimum Gasteiger partial charge on any atom is -0.462 e. The van der Waals surface area contributed by atoms with Crippen LogP contribution in [0.25, 0.3) is 27.8 Å². The summed E-state index contributed by atoms with van der Waals surface area (Å²) in [5.74, 6) is -1.97. The maximum absolute atomic E-state index is 13.1. The molecule has 0 saturated carbocycles. The summed E-state index contributed by atoms with van der Waals surface area (Å²) < 4.78 is 21.9. The molecule has 0 aliphatic heterocycles. The van der Waals surface area contributed by atoms with Crippen molar-refractivity contribution in [3.05, 3.63) is 151 Å². The maximum Gasteiger partial charge on any atom is 0.338 e. The number of benzene rings is 3. The van der Waals surface area contributed by atoms with Gasteiger partial charge in [0, 0.05) is 5.57 Å². The van der Waals surface area contributed by atoms with Gasteiger partial charge in [-0.05, 0) is 135 Å². The number of hydrogen-bond acceptors (Lipinski definition) is 8. The van der Waals surface area contributed by atoms with Gasteiger partial charge >= 0.3 is 23.9 Å². The number of ether oxygens (including phenoxy) is 4. The van der Waals surface area contributed by atoms with Crippen LogP contribution in [0.1, 0.15) is 111 Å². The summed E-state index contributed by atoms with van der Waals surface area (Å²) in [4.78, 5) is 51.8. The first-order valence-corrected chi connectivity index (χ1v) is 20.6. The van der Waals surface area contributed by atoms with Crippen molar-refractivity contribution in [2.45, 2.75) is 84.5 Å². The Labute approximate surface area is 351 Å². The number of hydrogen-bond donors (Lipinski definition) is 0. The third-order valence-corrected chi connectivity index (χ3v) is 9.30. The molecule has 0 bridgehead atoms. The highest BCUT2D eigenvalue weighted by Gasteiger charge is 2.17. The van der Waals surface area contributed by atoms with Crippen LogP contribution in [0.3, 0.4) is 0 Å². The summed E-state index contributed by atoms with van der Waals surface area (Å²) in [6, 6.07) is 20.5. The zero-order chi connectivity index (χ0) is 42.8. The van der Waals surface area contributed by atoms with E-state index in [0.29, 0.717) is 42.8 Å². The van der Waals surface area contributed by atoms with E-state index in [4.69, 9.17) is 18.9 Å². The Kier molecular flexibility index (Phi) is 21.5. The van der Waals surface area contributed by atoms with E-state index in [2.05, 4.69) is 26.3 Å². The minimum absolute atomic E-state index is 0.156. The van der Waals surface area contributed by atoms with Crippen LogP contribution in [0.5, 0.6) is 0 Å². The van der Waals surface area contributed by atoms with Crippen molar-refractivity contribution in [3.8, 4) is 22.3 Å². The number of carbonyl (C=O) groups excluding carboxylic acids is 4. The van der Waals surface area contributed by atoms with Crippen LogP contribution in [0.2, 0.25) is 0 Å². The fourth-order valence-corrected chi connectivity index (χ4v) is 5.84. The molecule has 0 radical (unpaired) electrons. The smallest absolute Gasteiger partial charge is 0.338 e. The maximum atomic E-state index is 13.1. The van der Waals surface area contributed by atoms with Crippen molar-refractivity contribution in [3.63, 3.8) is 0 Å². The molecule has 0 spiro atoms. The van der Waals surface area contributed by atoms with Gasteiger partial charge < -0.3 is 18.9 Å². The number of unbranched alkanes of at least 4 members (excludes halogenated alkanes) is 7. The second kappa shape index (κ2) is 26.8. The van der Waals surface area contributed by atoms with Gasteiger partial charge in [-0.2, -0.15) is 0 Å². The number of allylic oxidation sites excluding steroid dienone is 5. The molecule has 0 heterocycles. The normalized spacial score (nSPS) is 11.3. The van der Waals surface area contributed by atoms with Gasteiger partial charge in [0.1, 0.15) is 0 Å². The minimum atomic E-state index is -0.532. The van der Waals surface area contributed by atoms with Gasteiger partial charge in [-0.1, -0.05) is 86.7 Å². The summed E-state index contributed by atoms with van der Waals surface area (Å²) in [6.07, 6.45) is 17.8. The summed E-state index contributed by atoms with van der Waals surface area (Å²) in [5, 5.41) is 0. The Hall–Kier alpha value is -6.02. The Morgan fingerprint density at radius 3 is 1.41 bits per heavy atom. The molecule has 0 amide bonds. The first-order chi connectivity index (χ1) is 28.6. The lowest BCUT2D eigenvalue weighted by molar-refractivity contribution is -0.139. The van der Waals surface area contributed by atoms with E-state index < -0.39 is 23.9 Å². The Bertz CT molecular complexity index is 1950. The van der Waals surface area contributed by atoms with Crippen molar-refractivity contribution in [2.24, 2.45) is 0 Å². The molecule has 3 rings (SSSR count). The van der Waals surface area contributed by atoms with Crippen LogP contribution in [0, 0.1) is 0 Å². The van der Waals surface area contributed by atoms with Crippen molar-refractivity contribution in [2.75, 3.05) is 26.4 Å². The fourth-order valence-electron chi connectivity index (χ4n) is 5.84. The van der Waals surface area contributed by atoms with Crippen LogP contribution in [-0.2, 0) is 28.5 Å². The molecule has 8 heteroatoms. The third kappa shape index (κ3) is 16.8. The molecule has 0 saturated heterocycles. The number of rotatable bonds is 27. The molecule has 0 fully saturated rings. The van der Waals surface area contributed by atoms with E-state index >= 15 is 0 Å². The Balaban J connectivity index is 1.88. The predicted octanol–water partition coefficient (Wildman–Crippen LogP) is 12.2. The quantitative estimate of drug-likeness (QED) is 0.0187. The van der Waals surface area contributed by atoms with Gasteiger partial charge in [-0.3, -0.25) is 0 Å². The van der Waals surface area contributed by atoms with E-state index in [9.17, 15) is 19.2 Å². The summed E-state index contributed by atoms with van der Waals surface area (Å²) in [5.41, 5.74) is 5.77. The number of carbonyl (C=O) groups is 4. The third-order valence-electron chi connectivity index (χ3n) is 9.30. The van der Waals surface area contributed by atoms with Gasteiger partial charge in [-0.15, -0.1) is 19.7 Å². The van der Waals surface area contributed by atoms with Crippen LogP contribution in [0.15, 0.2) is 135 Å². The van der Waals surface area contributed by atoms with Crippen molar-refractivity contribution >= 4 is 29.5 Å². The summed E-state index contributed by atoms with van der Waals surface area (Å²) in [6.45, 7) is 20.0. The van der Waals surface area contributed by atoms with Crippen LogP contribution >= 0.6 is 0 Å². The molecule has 0 unspecified atom stereocenters. The first-order valence-electron chi connectivity index (χ1n) is 20.6. The molecular formula is C51H60O8. The standard InChI is InChI=1S/C51H60O8/c1-7-11-15-18-30-56-48(52)38(5)33-44(34-39(6)49(53)57-31-19-16-12-8-2)42-25-21-40(22-26-42)41-23-27-43(28-24-41)45-35-46(50(54)58-29-14-10-4)37-47(36-45)51(55)59-32-20-17-13-9-3/h7-9,21-28,33-37H,1-3,5,10-20,29-32H2,4,6H3/b39-34+,44-33+. The molecule has 0 N–H and O–H groups in total. The molecule has 0 atom stereocenters. The monoisotopic (exact) mass is 800 g/mol. The average Bonchev–Trinajstić information content (AvgIpc) is 3.25. The molecule has 312 valence electrons. The highest BCUT2D eigenvalue weighted by atomic mass is 16.5.